The number of carbonyl (C=O) groups excluding carboxylic acids is 1. The molecular formula is C20H28N4O2. The van der Waals surface area contributed by atoms with Crippen LogP contribution in [0, 0.1) is 5.92 Å². The number of ether oxygens (including phenoxy) is 1. The van der Waals surface area contributed by atoms with E-state index in [4.69, 9.17) is 9.72 Å². The van der Waals surface area contributed by atoms with Crippen LogP contribution in [0.3, 0.4) is 0 Å². The van der Waals surface area contributed by atoms with Crippen molar-refractivity contribution in [1.82, 2.24) is 14.9 Å². The fourth-order valence-electron chi connectivity index (χ4n) is 4.15. The van der Waals surface area contributed by atoms with E-state index in [9.17, 15) is 4.79 Å². The number of rotatable bonds is 5. The average Bonchev–Trinajstić information content (AvgIpc) is 3.33. The molecule has 140 valence electrons. The molecule has 1 N–H and O–H groups in total. The smallest absolute Gasteiger partial charge is 0.224 e. The van der Waals surface area contributed by atoms with Gasteiger partial charge in [0.2, 0.25) is 11.9 Å². The van der Waals surface area contributed by atoms with Crippen molar-refractivity contribution in [3.8, 4) is 0 Å². The van der Waals surface area contributed by atoms with Gasteiger partial charge in [0.25, 0.3) is 0 Å². The number of benzene rings is 1. The zero-order valence-electron chi connectivity index (χ0n) is 15.5. The summed E-state index contributed by atoms with van der Waals surface area (Å²) in [6, 6.07) is 8.25. The van der Waals surface area contributed by atoms with Gasteiger partial charge in [0.05, 0.1) is 23.1 Å². The van der Waals surface area contributed by atoms with Gasteiger partial charge < -0.3 is 19.5 Å². The number of hydrogen-bond donors (Lipinski definition) is 1. The van der Waals surface area contributed by atoms with E-state index in [1.165, 1.54) is 0 Å². The van der Waals surface area contributed by atoms with Crippen LogP contribution in [0.15, 0.2) is 24.3 Å². The number of aromatic nitrogens is 2. The molecule has 4 rings (SSSR count). The Bertz CT molecular complexity index is 766. The van der Waals surface area contributed by atoms with Crippen molar-refractivity contribution in [2.24, 2.45) is 5.92 Å². The van der Waals surface area contributed by atoms with E-state index >= 15 is 0 Å². The highest BCUT2D eigenvalue weighted by Crippen LogP contribution is 2.27. The molecule has 0 unspecified atom stereocenters. The van der Waals surface area contributed by atoms with Gasteiger partial charge in [0, 0.05) is 32.8 Å². The maximum absolute atomic E-state index is 12.6. The van der Waals surface area contributed by atoms with Gasteiger partial charge in [-0.3, -0.25) is 4.79 Å². The molecule has 0 bridgehead atoms. The Kier molecular flexibility index (Phi) is 5.11. The highest BCUT2D eigenvalue weighted by atomic mass is 16.5. The third-order valence-corrected chi connectivity index (χ3v) is 5.55. The molecular weight excluding hydrogens is 328 g/mol. The summed E-state index contributed by atoms with van der Waals surface area (Å²) in [5.74, 6) is 1.17. The molecule has 2 atom stereocenters. The number of nitrogens with zero attached hydrogens (tertiary/aromatic N) is 3. The van der Waals surface area contributed by atoms with Crippen molar-refractivity contribution in [3.05, 3.63) is 24.3 Å². The van der Waals surface area contributed by atoms with E-state index in [0.717, 1.165) is 68.9 Å². The lowest BCUT2D eigenvalue weighted by Crippen LogP contribution is -2.45. The first-order valence-electron chi connectivity index (χ1n) is 9.85. The molecule has 0 radical (unpaired) electrons. The van der Waals surface area contributed by atoms with E-state index in [1.807, 2.05) is 6.07 Å². The third kappa shape index (κ3) is 3.43. The van der Waals surface area contributed by atoms with Gasteiger partial charge in [-0.2, -0.15) is 0 Å². The summed E-state index contributed by atoms with van der Waals surface area (Å²) in [4.78, 5) is 19.8. The lowest BCUT2D eigenvalue weighted by atomic mass is 9.97. The molecule has 2 aliphatic heterocycles. The standard InChI is InChI=1S/C20H28N4O2/c1-2-24-18-10-4-3-9-17(18)22-20(24)23-11-5-7-15(14-23)19(25)21-13-16-8-6-12-26-16/h3-4,9-10,15-16H,2,5-8,11-14H2,1H3,(H,21,25)/t15-,16-/m0/s1. The van der Waals surface area contributed by atoms with Gasteiger partial charge >= 0.3 is 0 Å². The van der Waals surface area contributed by atoms with Crippen molar-refractivity contribution in [2.45, 2.75) is 45.3 Å². The summed E-state index contributed by atoms with van der Waals surface area (Å²) < 4.78 is 7.86. The number of aryl methyl sites for hydroxylation is 1. The van der Waals surface area contributed by atoms with Crippen LogP contribution in [0.2, 0.25) is 0 Å². The Labute approximate surface area is 154 Å². The van der Waals surface area contributed by atoms with Crippen LogP contribution in [0.4, 0.5) is 5.95 Å². The van der Waals surface area contributed by atoms with E-state index < -0.39 is 0 Å². The topological polar surface area (TPSA) is 59.4 Å². The van der Waals surface area contributed by atoms with E-state index in [-0.39, 0.29) is 17.9 Å². The number of imidazole rings is 1. The Balaban J connectivity index is 1.45. The van der Waals surface area contributed by atoms with Crippen LogP contribution >= 0.6 is 0 Å². The molecule has 6 nitrogen and oxygen atoms in total. The first kappa shape index (κ1) is 17.3. The van der Waals surface area contributed by atoms with Gasteiger partial charge in [-0.05, 0) is 44.7 Å². The molecule has 1 aromatic heterocycles. The molecule has 0 aliphatic carbocycles. The Morgan fingerprint density at radius 2 is 2.19 bits per heavy atom. The highest BCUT2D eigenvalue weighted by Gasteiger charge is 2.29. The van der Waals surface area contributed by atoms with Gasteiger partial charge in [0.15, 0.2) is 0 Å². The fourth-order valence-corrected chi connectivity index (χ4v) is 4.15. The molecule has 2 aliphatic rings. The normalized spacial score (nSPS) is 23.5. The second kappa shape index (κ2) is 7.66. The largest absolute Gasteiger partial charge is 0.376 e. The van der Waals surface area contributed by atoms with E-state index in [2.05, 4.69) is 39.9 Å². The van der Waals surface area contributed by atoms with Gasteiger partial charge in [0.1, 0.15) is 0 Å². The zero-order valence-corrected chi connectivity index (χ0v) is 15.5. The number of hydrogen-bond acceptors (Lipinski definition) is 4. The first-order chi connectivity index (χ1) is 12.8. The third-order valence-electron chi connectivity index (χ3n) is 5.55. The number of amides is 1. The number of fused-ring (bicyclic) bond motifs is 1. The highest BCUT2D eigenvalue weighted by molar-refractivity contribution is 5.81. The summed E-state index contributed by atoms with van der Waals surface area (Å²) in [6.45, 7) is 6.18. The minimum atomic E-state index is 0.0234. The molecule has 26 heavy (non-hydrogen) atoms. The van der Waals surface area contributed by atoms with Crippen LogP contribution in [0.25, 0.3) is 11.0 Å². The van der Waals surface area contributed by atoms with Gasteiger partial charge in [-0.1, -0.05) is 12.1 Å². The predicted octanol–water partition coefficient (Wildman–Crippen LogP) is 2.57. The molecule has 0 spiro atoms. The molecule has 1 aromatic carbocycles. The van der Waals surface area contributed by atoms with Crippen molar-refractivity contribution in [1.29, 1.82) is 0 Å². The summed E-state index contributed by atoms with van der Waals surface area (Å²) in [6.07, 6.45) is 4.32. The Hall–Kier alpha value is -2.08. The summed E-state index contributed by atoms with van der Waals surface area (Å²) >= 11 is 0. The quantitative estimate of drug-likeness (QED) is 0.894. The van der Waals surface area contributed by atoms with Crippen LogP contribution in [-0.2, 0) is 16.1 Å². The minimum absolute atomic E-state index is 0.0234. The molecule has 1 amide bonds. The number of carbonyl (C=O) groups is 1. The zero-order chi connectivity index (χ0) is 17.9. The lowest BCUT2D eigenvalue weighted by molar-refractivity contribution is -0.125. The molecule has 2 saturated heterocycles. The SMILES string of the molecule is CCn1c(N2CCC[C@H](C(=O)NC[C@@H]3CCCO3)C2)nc2ccccc21. The summed E-state index contributed by atoms with van der Waals surface area (Å²) in [5, 5.41) is 3.10. The minimum Gasteiger partial charge on any atom is -0.376 e. The summed E-state index contributed by atoms with van der Waals surface area (Å²) in [5.41, 5.74) is 2.18. The number of nitrogens with one attached hydrogen (secondary N) is 1. The van der Waals surface area contributed by atoms with Crippen molar-refractivity contribution < 1.29 is 9.53 Å². The molecule has 0 saturated carbocycles. The van der Waals surface area contributed by atoms with E-state index in [1.54, 1.807) is 0 Å². The molecule has 2 fully saturated rings. The second-order valence-electron chi connectivity index (χ2n) is 7.31. The van der Waals surface area contributed by atoms with Crippen LogP contribution < -0.4 is 10.2 Å². The number of anilines is 1. The van der Waals surface area contributed by atoms with Crippen LogP contribution in [0.5, 0.6) is 0 Å². The average molecular weight is 356 g/mol. The number of para-hydroxylation sites is 2. The van der Waals surface area contributed by atoms with Gasteiger partial charge in [-0.15, -0.1) is 0 Å². The van der Waals surface area contributed by atoms with Crippen LogP contribution in [0.1, 0.15) is 32.6 Å². The predicted molar refractivity (Wildman–Crippen MR) is 102 cm³/mol. The number of piperidine rings is 1. The van der Waals surface area contributed by atoms with Crippen molar-refractivity contribution >= 4 is 22.9 Å². The van der Waals surface area contributed by atoms with E-state index in [0.29, 0.717) is 6.54 Å². The van der Waals surface area contributed by atoms with Crippen molar-refractivity contribution in [2.75, 3.05) is 31.1 Å². The second-order valence-corrected chi connectivity index (χ2v) is 7.31. The van der Waals surface area contributed by atoms with Crippen LogP contribution in [-0.4, -0.2) is 47.8 Å². The maximum Gasteiger partial charge on any atom is 0.224 e. The fraction of sp³-hybridized carbons (Fsp3) is 0.600. The van der Waals surface area contributed by atoms with Crippen molar-refractivity contribution in [3.63, 3.8) is 0 Å². The maximum atomic E-state index is 12.6. The molecule has 3 heterocycles. The lowest BCUT2D eigenvalue weighted by Gasteiger charge is -2.33. The molecule has 2 aromatic rings. The monoisotopic (exact) mass is 356 g/mol. The Morgan fingerprint density at radius 3 is 3.00 bits per heavy atom. The molecule has 6 heteroatoms. The summed E-state index contributed by atoms with van der Waals surface area (Å²) in [7, 11) is 0. The Morgan fingerprint density at radius 1 is 1.31 bits per heavy atom. The van der Waals surface area contributed by atoms with Gasteiger partial charge in [-0.25, -0.2) is 4.98 Å². The first-order valence-corrected chi connectivity index (χ1v) is 9.85.